The second kappa shape index (κ2) is 20.5. The quantitative estimate of drug-likeness (QED) is 0.107. The van der Waals surface area contributed by atoms with Crippen molar-refractivity contribution in [1.82, 2.24) is 19.5 Å². The summed E-state index contributed by atoms with van der Waals surface area (Å²) in [6.07, 6.45) is 2.02. The number of aromatic nitrogens is 4. The Bertz CT molecular complexity index is 3850. The van der Waals surface area contributed by atoms with Gasteiger partial charge in [0.05, 0.1) is 30.5 Å². The third kappa shape index (κ3) is 9.77. The summed E-state index contributed by atoms with van der Waals surface area (Å²) in [6.45, 7) is 16.1. The van der Waals surface area contributed by atoms with Crippen LogP contribution in [0.5, 0.6) is 0 Å². The molecule has 4 heterocycles. The number of pyridine rings is 2. The molecule has 1 radical (unpaired) electrons. The zero-order chi connectivity index (χ0) is 49.5. The van der Waals surface area contributed by atoms with Crippen molar-refractivity contribution in [3.05, 3.63) is 224 Å². The van der Waals surface area contributed by atoms with E-state index in [4.69, 9.17) is 14.4 Å². The summed E-state index contributed by atoms with van der Waals surface area (Å²) in [5.74, 6) is 1.21. The predicted octanol–water partition coefficient (Wildman–Crippen LogP) is 17.3. The Labute approximate surface area is 443 Å². The Balaban J connectivity index is 0.000000307. The zero-order valence-corrected chi connectivity index (χ0v) is 45.6. The summed E-state index contributed by atoms with van der Waals surface area (Å²) >= 11 is 0. The van der Waals surface area contributed by atoms with Crippen LogP contribution in [0.4, 0.5) is 0 Å². The van der Waals surface area contributed by atoms with Gasteiger partial charge < -0.3 is 14.0 Å². The van der Waals surface area contributed by atoms with Crippen molar-refractivity contribution in [2.45, 2.75) is 59.2 Å². The fourth-order valence-electron chi connectivity index (χ4n) is 9.72. The predicted molar refractivity (Wildman–Crippen MR) is 304 cm³/mol. The van der Waals surface area contributed by atoms with Crippen molar-refractivity contribution in [1.29, 1.82) is 0 Å². The van der Waals surface area contributed by atoms with Crippen LogP contribution in [0, 0.1) is 12.1 Å². The second-order valence-electron chi connectivity index (χ2n) is 20.3. The summed E-state index contributed by atoms with van der Waals surface area (Å²) < 4.78 is 9.18. The van der Waals surface area contributed by atoms with Crippen molar-refractivity contribution in [3.8, 4) is 61.7 Å². The molecule has 4 aromatic heterocycles. The van der Waals surface area contributed by atoms with E-state index in [1.807, 2.05) is 48.7 Å². The van der Waals surface area contributed by atoms with Crippen molar-refractivity contribution in [3.63, 3.8) is 0 Å². The van der Waals surface area contributed by atoms with Crippen molar-refractivity contribution >= 4 is 57.3 Å². The fourth-order valence-corrected chi connectivity index (χ4v) is 10.8. The molecule has 0 amide bonds. The normalized spacial score (nSPS) is 11.6. The molecule has 0 aliphatic rings. The molecule has 5 nitrogen and oxygen atoms in total. The molecule has 0 spiro atoms. The molecular weight excluding hydrogens is 1090 g/mol. The number of imidazole rings is 1. The van der Waals surface area contributed by atoms with Crippen LogP contribution in [0.25, 0.3) is 106 Å². The minimum absolute atomic E-state index is 0. The molecule has 7 heteroatoms. The third-order valence-electron chi connectivity index (χ3n) is 13.7. The summed E-state index contributed by atoms with van der Waals surface area (Å²) in [5.41, 5.74) is 17.7. The van der Waals surface area contributed by atoms with Crippen LogP contribution >= 0.6 is 0 Å². The van der Waals surface area contributed by atoms with Gasteiger partial charge in [-0.3, -0.25) is 4.98 Å². The number of benzene rings is 8. The number of hydrogen-bond donors (Lipinski definition) is 0. The fraction of sp³-hybridized carbons (Fsp3) is 0.136. The number of fused-ring (bicyclic) bond motifs is 5. The zero-order valence-electron chi connectivity index (χ0n) is 42.2. The van der Waals surface area contributed by atoms with Gasteiger partial charge in [0.25, 0.3) is 0 Å². The minimum atomic E-state index is -1.23. The summed E-state index contributed by atoms with van der Waals surface area (Å²) in [4.78, 5) is 15.3. The van der Waals surface area contributed by atoms with Gasteiger partial charge in [-0.1, -0.05) is 186 Å². The van der Waals surface area contributed by atoms with Gasteiger partial charge >= 0.3 is 0 Å². The van der Waals surface area contributed by atoms with Gasteiger partial charge in [0.1, 0.15) is 5.58 Å². The number of nitrogens with zero attached hydrogens (tertiary/aromatic N) is 4. The molecule has 0 N–H and O–H groups in total. The van der Waals surface area contributed by atoms with E-state index in [2.05, 4.69) is 221 Å². The van der Waals surface area contributed by atoms with Gasteiger partial charge in [-0.05, 0) is 97.6 Å². The number of furan rings is 1. The Morgan fingerprint density at radius 1 is 0.521 bits per heavy atom. The number of para-hydroxylation sites is 1. The Morgan fingerprint density at radius 2 is 1.14 bits per heavy atom. The van der Waals surface area contributed by atoms with E-state index < -0.39 is 8.07 Å². The molecule has 361 valence electrons. The molecule has 8 aromatic carbocycles. The van der Waals surface area contributed by atoms with Crippen molar-refractivity contribution < 1.29 is 24.5 Å². The molecule has 0 unspecified atom stereocenters. The first-order valence-corrected chi connectivity index (χ1v) is 28.5. The van der Waals surface area contributed by atoms with E-state index in [0.29, 0.717) is 0 Å². The second-order valence-corrected chi connectivity index (χ2v) is 25.4. The molecule has 0 fully saturated rings. The van der Waals surface area contributed by atoms with E-state index in [1.165, 1.54) is 38.6 Å². The molecule has 0 aliphatic carbocycles. The molecule has 0 saturated carbocycles. The summed E-state index contributed by atoms with van der Waals surface area (Å²) in [6, 6.07) is 74.7. The maximum absolute atomic E-state index is 6.88. The molecule has 73 heavy (non-hydrogen) atoms. The standard InChI is InChI=1S/C52H40N3O.C14H16NSi.Ir/c1-32(2)44-28-40(35-16-9-6-10-17-35)29-45(33(3)4)49(44)55-51(54-47-30-39-18-11-12-21-46(39)53-52(47)55)43-20-13-19-42-41-27-26-38(31-48(41)56-50(42)43)37-24-22-36(23-25-37)34-14-7-5-8-15-34;1-16(2,3)13-9-10-14(15-11-13)12-7-5-4-6-8-12;/h5-19,21-33H,1-4H3;4-7,9-11H,1-3H3;/q2*-1;. The first-order valence-electron chi connectivity index (χ1n) is 25.0. The van der Waals surface area contributed by atoms with Crippen LogP contribution < -0.4 is 5.19 Å². The molecular formula is C66H56IrN4OSi-2. The number of rotatable bonds is 9. The molecule has 12 rings (SSSR count). The minimum Gasteiger partial charge on any atom is -0.501 e. The SMILES string of the molecule is CC(C)c1cc(-c2ccccc2)cc(C(C)C)c1-n1c(-c2[c-]ccc3c2oc2cc(-c4ccc(-c5ccccc5)cc4)ccc23)nc2cc3ccccc3nc21.C[Si](C)(C)c1ccc(-c2[c-]cccc2)nc1.[Ir]. The van der Waals surface area contributed by atoms with Gasteiger partial charge in [-0.15, -0.1) is 54.1 Å². The van der Waals surface area contributed by atoms with Crippen LogP contribution in [0.1, 0.15) is 50.7 Å². The van der Waals surface area contributed by atoms with Gasteiger partial charge in [0, 0.05) is 42.8 Å². The number of hydrogen-bond acceptors (Lipinski definition) is 4. The maximum Gasteiger partial charge on any atom is 0.156 e. The van der Waals surface area contributed by atoms with E-state index in [1.54, 1.807) is 0 Å². The first-order chi connectivity index (χ1) is 35.0. The van der Waals surface area contributed by atoms with E-state index in [9.17, 15) is 0 Å². The topological polar surface area (TPSA) is 56.7 Å². The Kier molecular flexibility index (Phi) is 13.8. The van der Waals surface area contributed by atoms with Crippen LogP contribution in [0.3, 0.4) is 0 Å². The molecule has 0 bridgehead atoms. The molecule has 0 saturated heterocycles. The molecule has 12 aromatic rings. The first kappa shape index (κ1) is 49.1. The van der Waals surface area contributed by atoms with E-state index in [0.717, 1.165) is 83.5 Å². The van der Waals surface area contributed by atoms with Crippen LogP contribution in [-0.4, -0.2) is 27.6 Å². The summed E-state index contributed by atoms with van der Waals surface area (Å²) in [7, 11) is -1.23. The van der Waals surface area contributed by atoms with Crippen LogP contribution in [0.2, 0.25) is 19.6 Å². The molecule has 0 aliphatic heterocycles. The van der Waals surface area contributed by atoms with Crippen LogP contribution in [-0.2, 0) is 20.1 Å². The van der Waals surface area contributed by atoms with E-state index >= 15 is 0 Å². The Hall–Kier alpha value is -7.54. The van der Waals surface area contributed by atoms with Gasteiger partial charge in [0.15, 0.2) is 5.65 Å². The van der Waals surface area contributed by atoms with E-state index in [-0.39, 0.29) is 31.9 Å². The summed E-state index contributed by atoms with van der Waals surface area (Å²) in [5, 5.41) is 4.54. The van der Waals surface area contributed by atoms with Gasteiger partial charge in [0.2, 0.25) is 0 Å². The Morgan fingerprint density at radius 3 is 1.77 bits per heavy atom. The largest absolute Gasteiger partial charge is 0.501 e. The molecule has 0 atom stereocenters. The maximum atomic E-state index is 6.88. The average Bonchev–Trinajstić information content (AvgIpc) is 3.98. The third-order valence-corrected chi connectivity index (χ3v) is 15.7. The van der Waals surface area contributed by atoms with Crippen molar-refractivity contribution in [2.75, 3.05) is 0 Å². The average molecular weight is 1140 g/mol. The van der Waals surface area contributed by atoms with Gasteiger partial charge in [-0.25, -0.2) is 4.98 Å². The van der Waals surface area contributed by atoms with Crippen LogP contribution in [0.15, 0.2) is 205 Å². The smallest absolute Gasteiger partial charge is 0.156 e. The van der Waals surface area contributed by atoms with Gasteiger partial charge in [-0.2, -0.15) is 0 Å². The monoisotopic (exact) mass is 1140 g/mol. The van der Waals surface area contributed by atoms with Crippen molar-refractivity contribution in [2.24, 2.45) is 0 Å².